The number of nitrogens with one attached hydrogen (secondary N) is 1. The van der Waals surface area contributed by atoms with E-state index >= 15 is 0 Å². The molecule has 0 spiro atoms. The quantitative estimate of drug-likeness (QED) is 0.265. The molecule has 4 fully saturated rings. The van der Waals surface area contributed by atoms with Crippen molar-refractivity contribution in [1.82, 2.24) is 10.2 Å². The zero-order valence-corrected chi connectivity index (χ0v) is 26.3. The molecule has 6 atom stereocenters. The molecular weight excluding hydrogens is 639 g/mol. The van der Waals surface area contributed by atoms with Gasteiger partial charge >= 0.3 is 0 Å². The lowest BCUT2D eigenvalue weighted by molar-refractivity contribution is -0.149. The molecule has 1 aromatic rings. The van der Waals surface area contributed by atoms with E-state index in [1.54, 1.807) is 18.2 Å². The zero-order chi connectivity index (χ0) is 29.5. The maximum atomic E-state index is 13.8. The lowest BCUT2D eigenvalue weighted by Gasteiger charge is -2.61. The third-order valence-electron chi connectivity index (χ3n) is 9.98. The number of methoxy groups -OCH3 is 1. The smallest absolute Gasteiger partial charge is 0.247 e. The Bertz CT molecular complexity index is 1180. The maximum absolute atomic E-state index is 13.8. The number of carbonyl (C=O) groups excluding carboxylic acids is 2. The van der Waals surface area contributed by atoms with Gasteiger partial charge in [-0.2, -0.15) is 0 Å². The Morgan fingerprint density at radius 1 is 1.17 bits per heavy atom. The van der Waals surface area contributed by atoms with Crippen LogP contribution in [0.25, 0.3) is 0 Å². The molecule has 5 aliphatic rings. The van der Waals surface area contributed by atoms with Crippen molar-refractivity contribution in [2.24, 2.45) is 29.1 Å². The summed E-state index contributed by atoms with van der Waals surface area (Å²) in [6.07, 6.45) is 4.97. The van der Waals surface area contributed by atoms with E-state index in [-0.39, 0.29) is 49.3 Å². The molecule has 226 valence electrons. The van der Waals surface area contributed by atoms with Crippen LogP contribution in [0.5, 0.6) is 11.5 Å². The minimum absolute atomic E-state index is 0.0306. The van der Waals surface area contributed by atoms with Gasteiger partial charge in [0.1, 0.15) is 12.2 Å². The molecule has 0 aliphatic heterocycles. The minimum atomic E-state index is -1.07. The molecule has 4 N–H and O–H groups in total. The molecule has 0 aromatic heterocycles. The number of carbonyl (C=O) groups is 2. The lowest BCUT2D eigenvalue weighted by Crippen LogP contribution is -2.59. The molecule has 2 amide bonds. The van der Waals surface area contributed by atoms with Crippen molar-refractivity contribution < 1.29 is 34.4 Å². The predicted octanol–water partition coefficient (Wildman–Crippen LogP) is 3.02. The Balaban J connectivity index is 1.47. The van der Waals surface area contributed by atoms with Crippen LogP contribution in [0.3, 0.4) is 0 Å². The van der Waals surface area contributed by atoms with Crippen molar-refractivity contribution in [1.29, 1.82) is 0 Å². The Hall–Kier alpha value is -1.89. The summed E-state index contributed by atoms with van der Waals surface area (Å²) in [7, 11) is 1.51. The first kappa shape index (κ1) is 30.6. The molecule has 2 bridgehead atoms. The maximum Gasteiger partial charge on any atom is 0.247 e. The molecule has 5 aliphatic carbocycles. The second-order valence-electron chi connectivity index (χ2n) is 12.7. The van der Waals surface area contributed by atoms with Crippen LogP contribution in [0.1, 0.15) is 57.9 Å². The summed E-state index contributed by atoms with van der Waals surface area (Å²) in [6, 6.07) is 2.83. The Morgan fingerprint density at radius 3 is 2.54 bits per heavy atom. The summed E-state index contributed by atoms with van der Waals surface area (Å²) in [5, 5.41) is 33.5. The fourth-order valence-electron chi connectivity index (χ4n) is 7.28. The summed E-state index contributed by atoms with van der Waals surface area (Å²) >= 11 is 2.10. The molecule has 0 saturated heterocycles. The SMILES string of the molecule is COc1cc(CO)cc(I)c1OC1C=C(C(=O)NCCO)CC(N(CC2CCC3CC2C3(C)C)C(=O)C2CC2)C1O. The first-order valence-electron chi connectivity index (χ1n) is 14.8. The van der Waals surface area contributed by atoms with Gasteiger partial charge in [-0.25, -0.2) is 0 Å². The molecule has 0 heterocycles. The number of fused-ring (bicyclic) bond motifs is 2. The van der Waals surface area contributed by atoms with E-state index in [4.69, 9.17) is 9.47 Å². The summed E-state index contributed by atoms with van der Waals surface area (Å²) in [5.41, 5.74) is 1.34. The Labute approximate surface area is 255 Å². The van der Waals surface area contributed by atoms with Crippen LogP contribution >= 0.6 is 22.6 Å². The van der Waals surface area contributed by atoms with Crippen LogP contribution in [0.4, 0.5) is 0 Å². The van der Waals surface area contributed by atoms with Crippen molar-refractivity contribution in [2.75, 3.05) is 26.8 Å². The van der Waals surface area contributed by atoms with Gasteiger partial charge in [-0.3, -0.25) is 9.59 Å². The second-order valence-corrected chi connectivity index (χ2v) is 13.9. The van der Waals surface area contributed by atoms with Crippen molar-refractivity contribution in [2.45, 2.75) is 77.2 Å². The highest BCUT2D eigenvalue weighted by molar-refractivity contribution is 14.1. The molecule has 4 saturated carbocycles. The highest BCUT2D eigenvalue weighted by Gasteiger charge is 2.55. The predicted molar refractivity (Wildman–Crippen MR) is 161 cm³/mol. The highest BCUT2D eigenvalue weighted by atomic mass is 127. The standard InChI is InChI=1S/C31H43IN2O7/c1-31(2)21-7-6-19(22(31)14-21)15-34(30(39)18-4-5-18)24-12-20(29(38)33-8-9-35)13-25(27(24)37)41-28-23(32)10-17(16-36)11-26(28)40-3/h10-11,13,18-19,21-22,24-25,27,35-37H,4-9,12,14-16H2,1-3H3,(H,33,38). The van der Waals surface area contributed by atoms with Gasteiger partial charge in [0.25, 0.3) is 0 Å². The van der Waals surface area contributed by atoms with Gasteiger partial charge in [-0.05, 0) is 102 Å². The number of aliphatic hydroxyl groups is 3. The number of ether oxygens (including phenoxy) is 2. The van der Waals surface area contributed by atoms with Gasteiger partial charge in [-0.1, -0.05) is 13.8 Å². The lowest BCUT2D eigenvalue weighted by atomic mass is 9.45. The molecule has 9 nitrogen and oxygen atoms in total. The number of benzene rings is 1. The van der Waals surface area contributed by atoms with Crippen LogP contribution in [-0.4, -0.2) is 77.1 Å². The minimum Gasteiger partial charge on any atom is -0.493 e. The average Bonchev–Trinajstić information content (AvgIpc) is 3.82. The third kappa shape index (κ3) is 6.12. The van der Waals surface area contributed by atoms with E-state index in [0.717, 1.165) is 31.6 Å². The van der Waals surface area contributed by atoms with Crippen LogP contribution in [-0.2, 0) is 16.2 Å². The van der Waals surface area contributed by atoms with Gasteiger partial charge in [0.05, 0.1) is 29.9 Å². The Kier molecular flexibility index (Phi) is 9.23. The number of amides is 2. The molecule has 10 heteroatoms. The second kappa shape index (κ2) is 12.4. The van der Waals surface area contributed by atoms with Gasteiger partial charge in [0, 0.05) is 31.0 Å². The van der Waals surface area contributed by atoms with E-state index in [1.807, 2.05) is 4.90 Å². The number of hydrogen-bond donors (Lipinski definition) is 4. The molecular formula is C31H43IN2O7. The fraction of sp³-hybridized carbons (Fsp3) is 0.677. The largest absolute Gasteiger partial charge is 0.493 e. The Morgan fingerprint density at radius 2 is 1.93 bits per heavy atom. The monoisotopic (exact) mass is 682 g/mol. The third-order valence-corrected chi connectivity index (χ3v) is 10.8. The number of nitrogens with zero attached hydrogens (tertiary/aromatic N) is 1. The van der Waals surface area contributed by atoms with Crippen LogP contribution in [0, 0.1) is 32.7 Å². The molecule has 1 aromatic carbocycles. The van der Waals surface area contributed by atoms with E-state index in [1.165, 1.54) is 13.5 Å². The van der Waals surface area contributed by atoms with Gasteiger partial charge < -0.3 is 35.0 Å². The number of halogens is 1. The van der Waals surface area contributed by atoms with Gasteiger partial charge in [0.2, 0.25) is 11.8 Å². The molecule has 0 radical (unpaired) electrons. The molecule has 41 heavy (non-hydrogen) atoms. The molecule has 6 rings (SSSR count). The van der Waals surface area contributed by atoms with Crippen LogP contribution < -0.4 is 14.8 Å². The molecule has 6 unspecified atom stereocenters. The van der Waals surface area contributed by atoms with Crippen LogP contribution in [0.15, 0.2) is 23.8 Å². The summed E-state index contributed by atoms with van der Waals surface area (Å²) in [4.78, 5) is 28.9. The van der Waals surface area contributed by atoms with Crippen LogP contribution in [0.2, 0.25) is 0 Å². The average molecular weight is 683 g/mol. The van der Waals surface area contributed by atoms with Crippen molar-refractivity contribution in [3.05, 3.63) is 32.9 Å². The van der Waals surface area contributed by atoms with Crippen molar-refractivity contribution in [3.63, 3.8) is 0 Å². The van der Waals surface area contributed by atoms with E-state index in [2.05, 4.69) is 41.8 Å². The number of aliphatic hydroxyl groups excluding tert-OH is 3. The van der Waals surface area contributed by atoms with E-state index in [9.17, 15) is 24.9 Å². The topological polar surface area (TPSA) is 129 Å². The normalized spacial score (nSPS) is 30.1. The summed E-state index contributed by atoms with van der Waals surface area (Å²) in [6.45, 7) is 5.01. The van der Waals surface area contributed by atoms with Gasteiger partial charge in [0.15, 0.2) is 11.5 Å². The van der Waals surface area contributed by atoms with Crippen molar-refractivity contribution in [3.8, 4) is 11.5 Å². The summed E-state index contributed by atoms with van der Waals surface area (Å²) < 4.78 is 12.6. The first-order chi connectivity index (χ1) is 19.6. The van der Waals surface area contributed by atoms with E-state index in [0.29, 0.717) is 44.6 Å². The highest BCUT2D eigenvalue weighted by Crippen LogP contribution is 2.61. The fourth-order valence-corrected chi connectivity index (χ4v) is 8.07. The number of hydrogen-bond acceptors (Lipinski definition) is 7. The van der Waals surface area contributed by atoms with Gasteiger partial charge in [-0.15, -0.1) is 0 Å². The first-order valence-corrected chi connectivity index (χ1v) is 15.9. The number of rotatable bonds is 11. The zero-order valence-electron chi connectivity index (χ0n) is 24.1. The van der Waals surface area contributed by atoms with Crippen molar-refractivity contribution >= 4 is 34.4 Å². The summed E-state index contributed by atoms with van der Waals surface area (Å²) in [5.74, 6) is 2.13. The van der Waals surface area contributed by atoms with E-state index < -0.39 is 18.2 Å².